The number of aromatic nitrogens is 3. The molecule has 9 heteroatoms. The Balaban J connectivity index is 1.43. The van der Waals surface area contributed by atoms with Gasteiger partial charge in [0.15, 0.2) is 0 Å². The Kier molecular flexibility index (Phi) is 8.12. The zero-order valence-corrected chi connectivity index (χ0v) is 19.9. The van der Waals surface area contributed by atoms with Crippen LogP contribution in [0.5, 0.6) is 11.8 Å². The maximum absolute atomic E-state index is 9.79. The third-order valence-electron chi connectivity index (χ3n) is 4.19. The number of aromatic hydroxyl groups is 1. The molecule has 1 N–H and O–H groups in total. The van der Waals surface area contributed by atoms with Crippen LogP contribution in [0.1, 0.15) is 24.8 Å². The molecule has 1 aromatic heterocycles. The van der Waals surface area contributed by atoms with Crippen LogP contribution in [-0.4, -0.2) is 26.9 Å². The molecule has 0 aliphatic carbocycles. The van der Waals surface area contributed by atoms with Crippen LogP contribution in [0.3, 0.4) is 0 Å². The van der Waals surface area contributed by atoms with Crippen molar-refractivity contribution < 1.29 is 9.84 Å². The number of benzene rings is 2. The molecule has 0 aliphatic rings. The summed E-state index contributed by atoms with van der Waals surface area (Å²) in [6.45, 7) is 0.520. The molecule has 0 unspecified atom stereocenters. The number of hydrogen-bond donors (Lipinski definition) is 1. The molecule has 0 saturated heterocycles. The largest absolute Gasteiger partial charge is 0.506 e. The van der Waals surface area contributed by atoms with Crippen LogP contribution >= 0.6 is 55.1 Å². The first-order chi connectivity index (χ1) is 13.9. The fraction of sp³-hybridized carbons (Fsp3) is 0.250. The van der Waals surface area contributed by atoms with Gasteiger partial charge in [0.25, 0.3) is 0 Å². The number of rotatable bonds is 8. The Morgan fingerprint density at radius 1 is 0.966 bits per heavy atom. The summed E-state index contributed by atoms with van der Waals surface area (Å²) in [4.78, 5) is 4.20. The summed E-state index contributed by atoms with van der Waals surface area (Å²) in [7, 11) is 0. The van der Waals surface area contributed by atoms with Crippen molar-refractivity contribution in [3.8, 4) is 23.0 Å². The number of hydrogen-bond acceptors (Lipinski definition) is 5. The molecule has 1 heterocycles. The van der Waals surface area contributed by atoms with Crippen LogP contribution in [0, 0.1) is 0 Å². The monoisotopic (exact) mass is 559 g/mol. The van der Waals surface area contributed by atoms with Crippen LogP contribution in [0.2, 0.25) is 10.0 Å². The minimum Gasteiger partial charge on any atom is -0.506 e. The highest BCUT2D eigenvalue weighted by atomic mass is 79.9. The average Bonchev–Trinajstić information content (AvgIpc) is 2.70. The second-order valence-corrected chi connectivity index (χ2v) is 8.86. The minimum atomic E-state index is 0.132. The van der Waals surface area contributed by atoms with E-state index < -0.39 is 0 Å². The number of halogens is 4. The van der Waals surface area contributed by atoms with E-state index in [0.717, 1.165) is 36.8 Å². The highest BCUT2D eigenvalue weighted by molar-refractivity contribution is 9.11. The highest BCUT2D eigenvalue weighted by Gasteiger charge is 2.10. The van der Waals surface area contributed by atoms with E-state index in [4.69, 9.17) is 27.9 Å². The summed E-state index contributed by atoms with van der Waals surface area (Å²) in [5.41, 5.74) is 2.46. The molecule has 0 aliphatic heterocycles. The van der Waals surface area contributed by atoms with Gasteiger partial charge in [-0.15, -0.1) is 5.10 Å². The zero-order chi connectivity index (χ0) is 20.8. The van der Waals surface area contributed by atoms with E-state index in [1.165, 1.54) is 0 Å². The van der Waals surface area contributed by atoms with Crippen molar-refractivity contribution in [1.82, 2.24) is 15.2 Å². The van der Waals surface area contributed by atoms with E-state index in [2.05, 4.69) is 47.0 Å². The Labute approximate surface area is 195 Å². The van der Waals surface area contributed by atoms with Crippen LogP contribution in [0.15, 0.2) is 45.5 Å². The lowest BCUT2D eigenvalue weighted by Gasteiger charge is -2.07. The fourth-order valence-corrected chi connectivity index (χ4v) is 4.35. The first-order valence-corrected chi connectivity index (χ1v) is 11.2. The lowest BCUT2D eigenvalue weighted by atomic mass is 10.1. The van der Waals surface area contributed by atoms with E-state index >= 15 is 0 Å². The molecule has 29 heavy (non-hydrogen) atoms. The van der Waals surface area contributed by atoms with Gasteiger partial charge in [0.1, 0.15) is 11.4 Å². The van der Waals surface area contributed by atoms with Crippen LogP contribution < -0.4 is 4.74 Å². The minimum absolute atomic E-state index is 0.132. The third kappa shape index (κ3) is 6.28. The molecule has 0 saturated carbocycles. The lowest BCUT2D eigenvalue weighted by molar-refractivity contribution is 0.278. The maximum atomic E-state index is 9.79. The Morgan fingerprint density at radius 3 is 2.38 bits per heavy atom. The molecule has 0 bridgehead atoms. The van der Waals surface area contributed by atoms with Crippen molar-refractivity contribution in [1.29, 1.82) is 0 Å². The molecule has 2 aromatic carbocycles. The second kappa shape index (κ2) is 10.6. The van der Waals surface area contributed by atoms with Crippen molar-refractivity contribution >= 4 is 55.1 Å². The third-order valence-corrected chi connectivity index (χ3v) is 5.99. The topological polar surface area (TPSA) is 68.1 Å². The summed E-state index contributed by atoms with van der Waals surface area (Å²) in [6.07, 6.45) is 5.39. The van der Waals surface area contributed by atoms with Gasteiger partial charge in [-0.05, 0) is 87.4 Å². The Bertz CT molecular complexity index is 965. The molecular weight excluding hydrogens is 545 g/mol. The van der Waals surface area contributed by atoms with Gasteiger partial charge in [-0.2, -0.15) is 0 Å². The van der Waals surface area contributed by atoms with Gasteiger partial charge in [-0.1, -0.05) is 34.4 Å². The summed E-state index contributed by atoms with van der Waals surface area (Å²) < 4.78 is 6.69. The van der Waals surface area contributed by atoms with Gasteiger partial charge in [-0.3, -0.25) is 0 Å². The number of aryl methyl sites for hydroxylation is 1. The number of phenols is 1. The van der Waals surface area contributed by atoms with E-state index in [0.29, 0.717) is 31.3 Å². The predicted molar refractivity (Wildman–Crippen MR) is 122 cm³/mol. The summed E-state index contributed by atoms with van der Waals surface area (Å²) in [5.74, 6) is 0.132. The number of unbranched alkanes of at least 4 members (excludes halogenated alkanes) is 2. The molecular formula is C20H17Br2Cl2N3O2. The van der Waals surface area contributed by atoms with Crippen LogP contribution in [0.25, 0.3) is 11.3 Å². The molecule has 152 valence electrons. The summed E-state index contributed by atoms with van der Waals surface area (Å²) in [5, 5.41) is 19.3. The standard InChI is InChI=1S/C20H17Br2Cl2N3O2/c21-15-8-13(9-16(22)19(15)28)18-11-25-20(27-26-18)29-7-3-1-2-4-12-5-6-14(23)10-17(12)24/h5-6,8-11,28H,1-4,7H2. The van der Waals surface area contributed by atoms with Crippen LogP contribution in [-0.2, 0) is 6.42 Å². The molecule has 0 fully saturated rings. The van der Waals surface area contributed by atoms with Gasteiger partial charge in [0.05, 0.1) is 21.7 Å². The molecule has 0 spiro atoms. The molecule has 0 amide bonds. The number of phenolic OH excluding ortho intramolecular Hbond substituents is 1. The zero-order valence-electron chi connectivity index (χ0n) is 15.2. The first kappa shape index (κ1) is 22.3. The summed E-state index contributed by atoms with van der Waals surface area (Å²) >= 11 is 18.7. The van der Waals surface area contributed by atoms with Gasteiger partial charge in [0, 0.05) is 15.6 Å². The fourth-order valence-electron chi connectivity index (χ4n) is 2.66. The second-order valence-electron chi connectivity index (χ2n) is 6.31. The van der Waals surface area contributed by atoms with E-state index in [9.17, 15) is 5.11 Å². The summed E-state index contributed by atoms with van der Waals surface area (Å²) in [6, 6.07) is 9.33. The molecule has 3 aromatic rings. The van der Waals surface area contributed by atoms with Gasteiger partial charge in [-0.25, -0.2) is 4.98 Å². The molecule has 5 nitrogen and oxygen atoms in total. The van der Waals surface area contributed by atoms with E-state index in [-0.39, 0.29) is 11.8 Å². The molecule has 0 radical (unpaired) electrons. The molecule has 0 atom stereocenters. The van der Waals surface area contributed by atoms with Crippen molar-refractivity contribution in [2.75, 3.05) is 6.61 Å². The van der Waals surface area contributed by atoms with E-state index in [1.807, 2.05) is 12.1 Å². The van der Waals surface area contributed by atoms with E-state index in [1.54, 1.807) is 24.4 Å². The van der Waals surface area contributed by atoms with Crippen LogP contribution in [0.4, 0.5) is 0 Å². The van der Waals surface area contributed by atoms with Crippen molar-refractivity contribution in [2.24, 2.45) is 0 Å². The SMILES string of the molecule is Oc1c(Br)cc(-c2cnc(OCCCCCc3ccc(Cl)cc3Cl)nn2)cc1Br. The van der Waals surface area contributed by atoms with Gasteiger partial charge >= 0.3 is 6.01 Å². The number of ether oxygens (including phenoxy) is 1. The lowest BCUT2D eigenvalue weighted by Crippen LogP contribution is -2.03. The Hall–Kier alpha value is -1.41. The average molecular weight is 562 g/mol. The van der Waals surface area contributed by atoms with Gasteiger partial charge in [0.2, 0.25) is 0 Å². The smallest absolute Gasteiger partial charge is 0.335 e. The number of nitrogens with zero attached hydrogens (tertiary/aromatic N) is 3. The first-order valence-electron chi connectivity index (χ1n) is 8.89. The van der Waals surface area contributed by atoms with Gasteiger partial charge < -0.3 is 9.84 Å². The highest BCUT2D eigenvalue weighted by Crippen LogP contribution is 2.36. The van der Waals surface area contributed by atoms with Crippen molar-refractivity contribution in [3.63, 3.8) is 0 Å². The maximum Gasteiger partial charge on any atom is 0.335 e. The predicted octanol–water partition coefficient (Wildman–Crippen LogP) is 6.87. The van der Waals surface area contributed by atoms with Crippen molar-refractivity contribution in [3.05, 3.63) is 61.1 Å². The Morgan fingerprint density at radius 2 is 1.72 bits per heavy atom. The normalized spacial score (nSPS) is 10.9. The molecule has 3 rings (SSSR count). The quantitative estimate of drug-likeness (QED) is 0.304. The van der Waals surface area contributed by atoms with Crippen molar-refractivity contribution in [2.45, 2.75) is 25.7 Å².